The van der Waals surface area contributed by atoms with Gasteiger partial charge in [0.2, 0.25) is 0 Å². The van der Waals surface area contributed by atoms with Gasteiger partial charge in [-0.1, -0.05) is 67.8 Å². The van der Waals surface area contributed by atoms with E-state index in [-0.39, 0.29) is 31.6 Å². The zero-order valence-corrected chi connectivity index (χ0v) is 22.9. The third-order valence-electron chi connectivity index (χ3n) is 6.05. The summed E-state index contributed by atoms with van der Waals surface area (Å²) in [5.41, 5.74) is 0. The molecule has 0 aromatic heterocycles. The molecule has 1 aliphatic heterocycles. The summed E-state index contributed by atoms with van der Waals surface area (Å²) in [5.74, 6) is -0.343. The maximum absolute atomic E-state index is 12.1. The molecule has 4 unspecified atom stereocenters. The van der Waals surface area contributed by atoms with E-state index in [1.165, 1.54) is 12.8 Å². The molecular weight excluding hydrogens is 474 g/mol. The second-order valence-corrected chi connectivity index (χ2v) is 9.56. The Hall–Kier alpha value is -1.87. The number of carbonyl (C=O) groups is 1. The highest BCUT2D eigenvalue weighted by atomic mass is 16.7. The second-order valence-electron chi connectivity index (χ2n) is 9.56. The monoisotopic (exact) mass is 523 g/mol. The molecule has 8 heteroatoms. The number of aliphatic hydroxyl groups excluding tert-OH is 1. The average molecular weight is 524 g/mol. The first-order chi connectivity index (χ1) is 18.1. The lowest BCUT2D eigenvalue weighted by Gasteiger charge is -2.32. The van der Waals surface area contributed by atoms with E-state index < -0.39 is 18.5 Å². The van der Waals surface area contributed by atoms with Gasteiger partial charge < -0.3 is 24.1 Å². The zero-order valence-electron chi connectivity index (χ0n) is 22.9. The van der Waals surface area contributed by atoms with Crippen molar-refractivity contribution in [1.82, 2.24) is 0 Å². The highest BCUT2D eigenvalue weighted by Gasteiger charge is 2.29. The van der Waals surface area contributed by atoms with Gasteiger partial charge in [0.25, 0.3) is 0 Å². The minimum Gasteiger partial charge on any atom is -0.465 e. The Morgan fingerprint density at radius 2 is 1.68 bits per heavy atom. The quantitative estimate of drug-likeness (QED) is 0.0799. The summed E-state index contributed by atoms with van der Waals surface area (Å²) in [5, 5.41) is 12.8. The van der Waals surface area contributed by atoms with Gasteiger partial charge in [0.15, 0.2) is 6.29 Å². The third kappa shape index (κ3) is 18.9. The van der Waals surface area contributed by atoms with Crippen molar-refractivity contribution in [3.8, 4) is 0 Å². The van der Waals surface area contributed by atoms with Crippen molar-refractivity contribution in [1.29, 1.82) is 0 Å². The molecule has 0 aromatic rings. The van der Waals surface area contributed by atoms with Crippen LogP contribution in [-0.4, -0.2) is 63.0 Å². The number of ether oxygens (including phenoxy) is 4. The number of hydrogen-bond donors (Lipinski definition) is 1. The van der Waals surface area contributed by atoms with E-state index in [9.17, 15) is 14.8 Å². The summed E-state index contributed by atoms with van der Waals surface area (Å²) in [6.45, 7) is 2.98. The Balaban J connectivity index is 2.07. The number of esters is 1. The molecule has 1 N–H and O–H groups in total. The molecule has 1 fully saturated rings. The van der Waals surface area contributed by atoms with E-state index in [2.05, 4.69) is 48.6 Å². The molecule has 212 valence electrons. The van der Waals surface area contributed by atoms with Crippen molar-refractivity contribution in [2.45, 2.75) is 102 Å². The van der Waals surface area contributed by atoms with Crippen LogP contribution in [0.1, 0.15) is 84.0 Å². The first-order valence-corrected chi connectivity index (χ1v) is 13.9. The van der Waals surface area contributed by atoms with E-state index in [4.69, 9.17) is 18.9 Å². The van der Waals surface area contributed by atoms with Crippen LogP contribution in [0.5, 0.6) is 0 Å². The van der Waals surface area contributed by atoms with Crippen LogP contribution in [0.4, 0.5) is 0 Å². The van der Waals surface area contributed by atoms with Crippen molar-refractivity contribution in [3.05, 3.63) is 41.4 Å². The first kappa shape index (κ1) is 33.2. The summed E-state index contributed by atoms with van der Waals surface area (Å²) in [7, 11) is 1.59. The third-order valence-corrected chi connectivity index (χ3v) is 6.05. The smallest absolute Gasteiger partial charge is 0.305 e. The number of unbranched alkanes of at least 4 members (excludes halogenated alkanes) is 5. The Bertz CT molecular complexity index is 665. The fraction of sp³-hybridized carbons (Fsp3) is 0.759. The molecule has 0 aliphatic carbocycles. The van der Waals surface area contributed by atoms with E-state index in [1.807, 2.05) is 0 Å². The van der Waals surface area contributed by atoms with Gasteiger partial charge in [-0.15, -0.1) is 0 Å². The van der Waals surface area contributed by atoms with E-state index >= 15 is 0 Å². The number of carbonyl (C=O) groups excluding carboxylic acids is 1. The van der Waals surface area contributed by atoms with Crippen LogP contribution in [0.3, 0.4) is 0 Å². The molecule has 0 radical (unpaired) electrons. The SMILES string of the molecule is CC/C=C\C/C=C\C/C=C\CCCCCCCC(=O)OCC(COC)COC1CC(O)CC(CN=O)O1. The van der Waals surface area contributed by atoms with Crippen molar-refractivity contribution in [3.63, 3.8) is 0 Å². The Kier molecular flexibility index (Phi) is 20.8. The Morgan fingerprint density at radius 3 is 2.41 bits per heavy atom. The highest BCUT2D eigenvalue weighted by Crippen LogP contribution is 2.21. The topological polar surface area (TPSA) is 104 Å². The largest absolute Gasteiger partial charge is 0.465 e. The summed E-state index contributed by atoms with van der Waals surface area (Å²) < 4.78 is 22.1. The van der Waals surface area contributed by atoms with Gasteiger partial charge in [-0.25, -0.2) is 0 Å². The predicted octanol–water partition coefficient (Wildman–Crippen LogP) is 6.03. The van der Waals surface area contributed by atoms with Crippen molar-refractivity contribution < 1.29 is 28.8 Å². The fourth-order valence-electron chi connectivity index (χ4n) is 4.05. The van der Waals surface area contributed by atoms with Gasteiger partial charge in [0.1, 0.15) is 6.54 Å². The summed E-state index contributed by atoms with van der Waals surface area (Å²) >= 11 is 0. The minimum absolute atomic E-state index is 0.0114. The van der Waals surface area contributed by atoms with E-state index in [1.54, 1.807) is 7.11 Å². The van der Waals surface area contributed by atoms with Crippen LogP contribution in [0.15, 0.2) is 41.6 Å². The zero-order chi connectivity index (χ0) is 27.0. The van der Waals surface area contributed by atoms with Gasteiger partial charge in [0, 0.05) is 32.3 Å². The molecule has 4 atom stereocenters. The van der Waals surface area contributed by atoms with Gasteiger partial charge in [-0.2, -0.15) is 4.91 Å². The van der Waals surface area contributed by atoms with E-state index in [0.29, 0.717) is 25.9 Å². The van der Waals surface area contributed by atoms with Gasteiger partial charge in [-0.05, 0) is 38.5 Å². The van der Waals surface area contributed by atoms with Crippen LogP contribution in [0.25, 0.3) is 0 Å². The predicted molar refractivity (Wildman–Crippen MR) is 146 cm³/mol. The van der Waals surface area contributed by atoms with Gasteiger partial charge >= 0.3 is 5.97 Å². The lowest BCUT2D eigenvalue weighted by molar-refractivity contribution is -0.219. The first-order valence-electron chi connectivity index (χ1n) is 13.9. The normalized spacial score (nSPS) is 21.2. The number of rotatable bonds is 22. The standard InChI is InChI=1S/C29H49NO7/c1-3-4-5-6-7-8-9-10-11-12-13-14-15-16-17-18-28(32)35-23-25(22-34-2)24-36-29-20-26(31)19-27(37-29)21-30-33/h4-5,7-8,10-11,25-27,29,31H,3,6,9,12-24H2,1-2H3/b5-4-,8-7-,11-10-. The number of nitrogens with zero attached hydrogens (tertiary/aromatic N) is 1. The van der Waals surface area contributed by atoms with Crippen LogP contribution >= 0.6 is 0 Å². The molecule has 0 aromatic carbocycles. The fourth-order valence-corrected chi connectivity index (χ4v) is 4.05. The Labute approximate surface area is 223 Å². The number of nitroso groups, excluding NO2 is 1. The highest BCUT2D eigenvalue weighted by molar-refractivity contribution is 5.69. The van der Waals surface area contributed by atoms with Crippen molar-refractivity contribution in [2.75, 3.05) is 33.5 Å². The molecular formula is C29H49NO7. The molecule has 1 heterocycles. The Morgan fingerprint density at radius 1 is 0.973 bits per heavy atom. The molecule has 1 saturated heterocycles. The van der Waals surface area contributed by atoms with Crippen LogP contribution in [-0.2, 0) is 23.7 Å². The maximum atomic E-state index is 12.1. The summed E-state index contributed by atoms with van der Waals surface area (Å²) in [6, 6.07) is 0. The lowest BCUT2D eigenvalue weighted by Crippen LogP contribution is -2.39. The molecule has 1 rings (SSSR count). The van der Waals surface area contributed by atoms with Gasteiger partial charge in [-0.3, -0.25) is 4.79 Å². The van der Waals surface area contributed by atoms with Crippen LogP contribution in [0.2, 0.25) is 0 Å². The summed E-state index contributed by atoms with van der Waals surface area (Å²) in [6.07, 6.45) is 22.3. The summed E-state index contributed by atoms with van der Waals surface area (Å²) in [4.78, 5) is 22.6. The second kappa shape index (κ2) is 23.3. The molecule has 0 bridgehead atoms. The molecule has 0 spiro atoms. The number of methoxy groups -OCH3 is 1. The maximum Gasteiger partial charge on any atom is 0.305 e. The minimum atomic E-state index is -0.615. The van der Waals surface area contributed by atoms with Crippen LogP contribution < -0.4 is 0 Å². The number of allylic oxidation sites excluding steroid dienone is 6. The molecule has 37 heavy (non-hydrogen) atoms. The number of hydrogen-bond acceptors (Lipinski definition) is 8. The van der Waals surface area contributed by atoms with Crippen molar-refractivity contribution in [2.24, 2.45) is 11.1 Å². The molecule has 1 aliphatic rings. The average Bonchev–Trinajstić information content (AvgIpc) is 2.88. The van der Waals surface area contributed by atoms with Crippen molar-refractivity contribution >= 4 is 5.97 Å². The molecule has 0 saturated carbocycles. The molecule has 8 nitrogen and oxygen atoms in total. The van der Waals surface area contributed by atoms with Gasteiger partial charge in [0.05, 0.1) is 32.0 Å². The molecule has 0 amide bonds. The van der Waals surface area contributed by atoms with Crippen LogP contribution in [0, 0.1) is 10.8 Å². The number of aliphatic hydroxyl groups is 1. The van der Waals surface area contributed by atoms with E-state index in [0.717, 1.165) is 44.9 Å². The lowest BCUT2D eigenvalue weighted by atomic mass is 10.1.